The zero-order valence-corrected chi connectivity index (χ0v) is 13.1. The summed E-state index contributed by atoms with van der Waals surface area (Å²) < 4.78 is 5.00. The lowest BCUT2D eigenvalue weighted by molar-refractivity contribution is -0.148. The highest BCUT2D eigenvalue weighted by atomic mass is 32.1. The lowest BCUT2D eigenvalue weighted by Gasteiger charge is -2.21. The van der Waals surface area contributed by atoms with Crippen molar-refractivity contribution < 1.29 is 14.3 Å². The average Bonchev–Trinajstić information content (AvgIpc) is 3.03. The van der Waals surface area contributed by atoms with Gasteiger partial charge in [0.15, 0.2) is 6.61 Å². The number of aryl methyl sites for hydroxylation is 1. The van der Waals surface area contributed by atoms with Crippen molar-refractivity contribution in [2.45, 2.75) is 44.9 Å². The first kappa shape index (κ1) is 16.0. The summed E-state index contributed by atoms with van der Waals surface area (Å²) in [6.07, 6.45) is 7.24. The van der Waals surface area contributed by atoms with Crippen LogP contribution in [0.25, 0.3) is 0 Å². The predicted molar refractivity (Wildman–Crippen MR) is 83.2 cm³/mol. The van der Waals surface area contributed by atoms with Crippen molar-refractivity contribution in [2.24, 2.45) is 5.92 Å². The first-order valence-corrected chi connectivity index (χ1v) is 8.56. The molecule has 0 unspecified atom stereocenters. The Morgan fingerprint density at radius 2 is 2.10 bits per heavy atom. The molecule has 1 aliphatic rings. The summed E-state index contributed by atoms with van der Waals surface area (Å²) >= 11 is 1.63. The number of carbonyl (C=O) groups excluding carboxylic acids is 2. The van der Waals surface area contributed by atoms with Gasteiger partial charge in [0.2, 0.25) is 0 Å². The second kappa shape index (κ2) is 8.82. The Kier molecular flexibility index (Phi) is 6.73. The molecular weight excluding hydrogens is 286 g/mol. The highest BCUT2D eigenvalue weighted by molar-refractivity contribution is 7.09. The number of ether oxygens (including phenoxy) is 1. The standard InChI is InChI=1S/C16H23NO3S/c18-15(17-11-13-5-2-1-3-6-13)12-20-16(19)9-8-14-7-4-10-21-14/h4,7,10,13H,1-3,5-6,8-9,11-12H2,(H,17,18). The monoisotopic (exact) mass is 309 g/mol. The molecule has 1 N–H and O–H groups in total. The zero-order chi connectivity index (χ0) is 14.9. The highest BCUT2D eigenvalue weighted by Gasteiger charge is 2.15. The first-order valence-electron chi connectivity index (χ1n) is 7.69. The molecule has 2 rings (SSSR count). The van der Waals surface area contributed by atoms with E-state index in [0.29, 0.717) is 25.3 Å². The fourth-order valence-corrected chi connectivity index (χ4v) is 3.31. The van der Waals surface area contributed by atoms with Gasteiger partial charge in [0.05, 0.1) is 6.42 Å². The summed E-state index contributed by atoms with van der Waals surface area (Å²) in [7, 11) is 0. The van der Waals surface area contributed by atoms with Crippen molar-refractivity contribution in [3.63, 3.8) is 0 Å². The fourth-order valence-electron chi connectivity index (χ4n) is 2.60. The van der Waals surface area contributed by atoms with E-state index in [1.807, 2.05) is 17.5 Å². The van der Waals surface area contributed by atoms with Crippen LogP contribution in [0.2, 0.25) is 0 Å². The van der Waals surface area contributed by atoms with Crippen LogP contribution in [0.4, 0.5) is 0 Å². The van der Waals surface area contributed by atoms with Gasteiger partial charge in [0, 0.05) is 11.4 Å². The molecule has 1 fully saturated rings. The molecule has 116 valence electrons. The maximum Gasteiger partial charge on any atom is 0.306 e. The molecule has 1 aromatic rings. The molecule has 4 nitrogen and oxygen atoms in total. The molecule has 21 heavy (non-hydrogen) atoms. The molecule has 1 saturated carbocycles. The molecule has 0 aliphatic heterocycles. The van der Waals surface area contributed by atoms with Gasteiger partial charge in [-0.2, -0.15) is 0 Å². The molecule has 0 aromatic carbocycles. The third-order valence-electron chi connectivity index (χ3n) is 3.83. The second-order valence-corrected chi connectivity index (χ2v) is 6.58. The van der Waals surface area contributed by atoms with Crippen LogP contribution >= 0.6 is 11.3 Å². The quantitative estimate of drug-likeness (QED) is 0.788. The van der Waals surface area contributed by atoms with Crippen LogP contribution in [-0.4, -0.2) is 25.0 Å². The first-order chi connectivity index (χ1) is 10.2. The summed E-state index contributed by atoms with van der Waals surface area (Å²) in [6, 6.07) is 3.96. The molecule has 1 aliphatic carbocycles. The molecule has 5 heteroatoms. The van der Waals surface area contributed by atoms with Gasteiger partial charge in [0.25, 0.3) is 5.91 Å². The van der Waals surface area contributed by atoms with Crippen LogP contribution in [0, 0.1) is 5.92 Å². The van der Waals surface area contributed by atoms with E-state index >= 15 is 0 Å². The average molecular weight is 309 g/mol. The van der Waals surface area contributed by atoms with E-state index in [9.17, 15) is 9.59 Å². The van der Waals surface area contributed by atoms with Crippen molar-refractivity contribution in [1.29, 1.82) is 0 Å². The number of thiophene rings is 1. The zero-order valence-electron chi connectivity index (χ0n) is 12.3. The Labute approximate surface area is 129 Å². The maximum absolute atomic E-state index is 11.6. The van der Waals surface area contributed by atoms with Gasteiger partial charge in [0.1, 0.15) is 0 Å². The van der Waals surface area contributed by atoms with Crippen LogP contribution in [0.5, 0.6) is 0 Å². The van der Waals surface area contributed by atoms with Gasteiger partial charge >= 0.3 is 5.97 Å². The maximum atomic E-state index is 11.6. The van der Waals surface area contributed by atoms with Crippen LogP contribution < -0.4 is 5.32 Å². The summed E-state index contributed by atoms with van der Waals surface area (Å²) in [5.41, 5.74) is 0. The predicted octanol–water partition coefficient (Wildman–Crippen LogP) is 2.92. The van der Waals surface area contributed by atoms with Crippen molar-refractivity contribution in [1.82, 2.24) is 5.32 Å². The third-order valence-corrected chi connectivity index (χ3v) is 4.77. The summed E-state index contributed by atoms with van der Waals surface area (Å²) in [5.74, 6) is 0.0958. The van der Waals surface area contributed by atoms with E-state index in [1.165, 1.54) is 32.1 Å². The van der Waals surface area contributed by atoms with Crippen LogP contribution in [0.1, 0.15) is 43.4 Å². The topological polar surface area (TPSA) is 55.4 Å². The number of rotatable bonds is 7. The molecule has 0 atom stereocenters. The summed E-state index contributed by atoms with van der Waals surface area (Å²) in [5, 5.41) is 4.85. The number of nitrogens with one attached hydrogen (secondary N) is 1. The number of amides is 1. The minimum Gasteiger partial charge on any atom is -0.456 e. The van der Waals surface area contributed by atoms with Crippen molar-refractivity contribution in [3.8, 4) is 0 Å². The number of carbonyl (C=O) groups is 2. The molecular formula is C16H23NO3S. The minimum atomic E-state index is -0.309. The van der Waals surface area contributed by atoms with E-state index in [-0.39, 0.29) is 18.5 Å². The summed E-state index contributed by atoms with van der Waals surface area (Å²) in [4.78, 5) is 24.3. The Morgan fingerprint density at radius 3 is 2.81 bits per heavy atom. The van der Waals surface area contributed by atoms with Crippen LogP contribution in [-0.2, 0) is 20.7 Å². The Hall–Kier alpha value is -1.36. The molecule has 1 aromatic heterocycles. The van der Waals surface area contributed by atoms with E-state index < -0.39 is 0 Å². The number of hydrogen-bond donors (Lipinski definition) is 1. The third kappa shape index (κ3) is 6.29. The van der Waals surface area contributed by atoms with Gasteiger partial charge in [-0.25, -0.2) is 0 Å². The fraction of sp³-hybridized carbons (Fsp3) is 0.625. The molecule has 0 radical (unpaired) electrons. The van der Waals surface area contributed by atoms with Gasteiger partial charge in [-0.05, 0) is 36.6 Å². The highest BCUT2D eigenvalue weighted by Crippen LogP contribution is 2.22. The Bertz CT molecular complexity index is 438. The van der Waals surface area contributed by atoms with Crippen molar-refractivity contribution in [2.75, 3.05) is 13.2 Å². The lowest BCUT2D eigenvalue weighted by Crippen LogP contribution is -2.33. The molecule has 0 spiro atoms. The SMILES string of the molecule is O=C(COC(=O)CCc1cccs1)NCC1CCCCC1. The summed E-state index contributed by atoms with van der Waals surface area (Å²) in [6.45, 7) is 0.557. The van der Waals surface area contributed by atoms with E-state index in [4.69, 9.17) is 4.74 Å². The lowest BCUT2D eigenvalue weighted by atomic mass is 9.89. The Balaban J connectivity index is 1.54. The number of hydrogen-bond acceptors (Lipinski definition) is 4. The molecule has 0 bridgehead atoms. The number of esters is 1. The van der Waals surface area contributed by atoms with Crippen molar-refractivity contribution >= 4 is 23.2 Å². The largest absolute Gasteiger partial charge is 0.456 e. The second-order valence-electron chi connectivity index (χ2n) is 5.55. The van der Waals surface area contributed by atoms with Crippen LogP contribution in [0.15, 0.2) is 17.5 Å². The van der Waals surface area contributed by atoms with Gasteiger partial charge in [-0.1, -0.05) is 25.3 Å². The van der Waals surface area contributed by atoms with Gasteiger partial charge in [-0.3, -0.25) is 9.59 Å². The van der Waals surface area contributed by atoms with Crippen LogP contribution in [0.3, 0.4) is 0 Å². The smallest absolute Gasteiger partial charge is 0.306 e. The van der Waals surface area contributed by atoms with E-state index in [1.54, 1.807) is 11.3 Å². The molecule has 0 saturated heterocycles. The molecule has 1 amide bonds. The normalized spacial score (nSPS) is 15.6. The van der Waals surface area contributed by atoms with Gasteiger partial charge < -0.3 is 10.1 Å². The minimum absolute atomic E-state index is 0.157. The van der Waals surface area contributed by atoms with Crippen molar-refractivity contribution in [3.05, 3.63) is 22.4 Å². The molecule has 1 heterocycles. The Morgan fingerprint density at radius 1 is 1.29 bits per heavy atom. The van der Waals surface area contributed by atoms with Gasteiger partial charge in [-0.15, -0.1) is 11.3 Å². The van der Waals surface area contributed by atoms with E-state index in [0.717, 1.165) is 4.88 Å². The van der Waals surface area contributed by atoms with E-state index in [2.05, 4.69) is 5.32 Å².